The molecule has 7 amide bonds. The number of aliphatic hydroxyl groups is 4. The molecule has 0 aliphatic heterocycles. The maximum absolute atomic E-state index is 12.8. The molecule has 0 saturated heterocycles. The minimum absolute atomic E-state index is 0.257. The number of amides is 7. The Morgan fingerprint density at radius 2 is 0.920 bits per heavy atom. The molecule has 0 spiro atoms. The predicted molar refractivity (Wildman–Crippen MR) is 165 cm³/mol. The third kappa shape index (κ3) is 17.4. The SMILES string of the molecule is NCCCC[C@H](N)C(=O)N[C@@H](CO)C(=O)NCC(=O)N[C@@H](CO)C(=O)N[C@@H](CC(=O)O)C(=O)N[C@@H](CO)C(=O)NCC(=O)N[C@@H](CO)C(=O)O. The van der Waals surface area contributed by atoms with Gasteiger partial charge in [0.2, 0.25) is 41.4 Å². The van der Waals surface area contributed by atoms with Gasteiger partial charge in [-0.15, -0.1) is 0 Å². The average Bonchev–Trinajstić information content (AvgIpc) is 3.07. The molecule has 17 N–H and O–H groups in total. The van der Waals surface area contributed by atoms with Crippen LogP contribution in [0.3, 0.4) is 0 Å². The monoisotopic (exact) mass is 723 g/mol. The molecule has 0 aromatic heterocycles. The number of nitrogens with two attached hydrogens (primary N) is 2. The zero-order valence-corrected chi connectivity index (χ0v) is 26.8. The predicted octanol–water partition coefficient (Wildman–Crippen LogP) is -9.37. The Balaban J connectivity index is 5.24. The lowest BCUT2D eigenvalue weighted by atomic mass is 10.1. The maximum atomic E-state index is 12.8. The first-order chi connectivity index (χ1) is 23.5. The number of unbranched alkanes of at least 4 members (excludes halogenated alkanes) is 1. The van der Waals surface area contributed by atoms with Crippen LogP contribution >= 0.6 is 0 Å². The summed E-state index contributed by atoms with van der Waals surface area (Å²) in [6, 6.07) is -9.76. The van der Waals surface area contributed by atoms with Crippen molar-refractivity contribution in [2.45, 2.75) is 61.9 Å². The molecule has 0 rings (SSSR count). The third-order valence-electron chi connectivity index (χ3n) is 6.45. The van der Waals surface area contributed by atoms with Crippen molar-refractivity contribution in [2.24, 2.45) is 11.5 Å². The van der Waals surface area contributed by atoms with Crippen LogP contribution in [0.2, 0.25) is 0 Å². The van der Waals surface area contributed by atoms with E-state index in [-0.39, 0.29) is 6.42 Å². The quantitative estimate of drug-likeness (QED) is 0.0389. The minimum Gasteiger partial charge on any atom is -0.481 e. The van der Waals surface area contributed by atoms with Crippen LogP contribution < -0.4 is 48.7 Å². The van der Waals surface area contributed by atoms with Crippen molar-refractivity contribution in [3.63, 3.8) is 0 Å². The molecule has 0 saturated carbocycles. The lowest BCUT2D eigenvalue weighted by Gasteiger charge is -2.23. The molecule has 0 aliphatic rings. The van der Waals surface area contributed by atoms with E-state index in [0.717, 1.165) is 0 Å². The molecule has 0 heterocycles. The molecule has 0 fully saturated rings. The summed E-state index contributed by atoms with van der Waals surface area (Å²) in [6.45, 7) is -5.32. The fourth-order valence-electron chi connectivity index (χ4n) is 3.69. The molecule has 0 bridgehead atoms. The van der Waals surface area contributed by atoms with E-state index in [1.165, 1.54) is 0 Å². The number of hydrogen-bond donors (Lipinski definition) is 15. The molecule has 50 heavy (non-hydrogen) atoms. The van der Waals surface area contributed by atoms with Gasteiger partial charge in [-0.3, -0.25) is 38.4 Å². The van der Waals surface area contributed by atoms with Gasteiger partial charge in [-0.05, 0) is 19.4 Å². The van der Waals surface area contributed by atoms with E-state index in [4.69, 9.17) is 21.7 Å². The third-order valence-corrected chi connectivity index (χ3v) is 6.45. The van der Waals surface area contributed by atoms with Crippen LogP contribution in [0.15, 0.2) is 0 Å². The highest BCUT2D eigenvalue weighted by atomic mass is 16.4. The first-order valence-corrected chi connectivity index (χ1v) is 14.9. The van der Waals surface area contributed by atoms with Gasteiger partial charge in [0.25, 0.3) is 0 Å². The smallest absolute Gasteiger partial charge is 0.328 e. The summed E-state index contributed by atoms with van der Waals surface area (Å²) in [5.74, 6) is -10.9. The van der Waals surface area contributed by atoms with Crippen molar-refractivity contribution >= 4 is 53.3 Å². The summed E-state index contributed by atoms with van der Waals surface area (Å²) >= 11 is 0. The summed E-state index contributed by atoms with van der Waals surface area (Å²) in [6.07, 6.45) is 0.313. The van der Waals surface area contributed by atoms with Gasteiger partial charge in [0.1, 0.15) is 30.2 Å². The number of hydrogen-bond acceptors (Lipinski definition) is 15. The Hall–Kier alpha value is -5.01. The fraction of sp³-hybridized carbons (Fsp3) is 0.654. The molecule has 284 valence electrons. The van der Waals surface area contributed by atoms with Crippen LogP contribution in [-0.4, -0.2) is 166 Å². The molecule has 24 nitrogen and oxygen atoms in total. The van der Waals surface area contributed by atoms with E-state index in [1.807, 2.05) is 26.6 Å². The van der Waals surface area contributed by atoms with Gasteiger partial charge in [0.05, 0.1) is 52.0 Å². The fourth-order valence-corrected chi connectivity index (χ4v) is 3.69. The van der Waals surface area contributed by atoms with Gasteiger partial charge >= 0.3 is 11.9 Å². The highest BCUT2D eigenvalue weighted by Crippen LogP contribution is 2.00. The Morgan fingerprint density at radius 1 is 0.520 bits per heavy atom. The first kappa shape index (κ1) is 45.0. The standard InChI is InChI=1S/C26H45N9O15/c27-4-2-1-3-12(28)21(44)34-14(8-36)22(45)29-6-18(40)31-16(10-38)25(48)33-13(5-20(42)43)24(47)35-15(9-37)23(46)30-7-19(41)32-17(11-39)26(49)50/h12-17,36-39H,1-11,27-28H2,(H,29,45)(H,30,46)(H,31,40)(H,32,41)(H,33,48)(H,34,44)(H,35,47)(H,42,43)(H,49,50)/t12-,13-,14-,15-,16-,17-/m0/s1. The Morgan fingerprint density at radius 3 is 1.34 bits per heavy atom. The number of nitrogens with one attached hydrogen (secondary N) is 7. The molecule has 0 unspecified atom stereocenters. The van der Waals surface area contributed by atoms with Gasteiger partial charge in [0, 0.05) is 0 Å². The van der Waals surface area contributed by atoms with Crippen molar-refractivity contribution in [3.05, 3.63) is 0 Å². The Labute approximate surface area is 284 Å². The molecular formula is C26H45N9O15. The van der Waals surface area contributed by atoms with Gasteiger partial charge < -0.3 is 79.3 Å². The van der Waals surface area contributed by atoms with Crippen LogP contribution in [0, 0.1) is 0 Å². The van der Waals surface area contributed by atoms with Gasteiger partial charge in [-0.2, -0.15) is 0 Å². The molecule has 0 aromatic carbocycles. The van der Waals surface area contributed by atoms with E-state index in [1.54, 1.807) is 0 Å². The number of aliphatic hydroxyl groups excluding tert-OH is 4. The number of carbonyl (C=O) groups excluding carboxylic acids is 7. The molecule has 0 radical (unpaired) electrons. The van der Waals surface area contributed by atoms with Crippen LogP contribution in [0.4, 0.5) is 0 Å². The van der Waals surface area contributed by atoms with Gasteiger partial charge in [0.15, 0.2) is 0 Å². The summed E-state index contributed by atoms with van der Waals surface area (Å²) in [4.78, 5) is 109. The second-order valence-corrected chi connectivity index (χ2v) is 10.4. The lowest BCUT2D eigenvalue weighted by molar-refractivity contribution is -0.143. The van der Waals surface area contributed by atoms with Crippen molar-refractivity contribution in [1.29, 1.82) is 0 Å². The zero-order chi connectivity index (χ0) is 38.4. The first-order valence-electron chi connectivity index (χ1n) is 14.9. The topological polar surface area (TPSA) is 411 Å². The Bertz CT molecular complexity index is 1210. The van der Waals surface area contributed by atoms with Gasteiger partial charge in [-0.25, -0.2) is 4.79 Å². The van der Waals surface area contributed by atoms with Crippen molar-refractivity contribution in [1.82, 2.24) is 37.2 Å². The highest BCUT2D eigenvalue weighted by molar-refractivity contribution is 5.97. The average molecular weight is 724 g/mol. The summed E-state index contributed by atoms with van der Waals surface area (Å²) < 4.78 is 0. The number of aliphatic carboxylic acids is 2. The summed E-state index contributed by atoms with van der Waals surface area (Å²) in [5.41, 5.74) is 11.1. The van der Waals surface area contributed by atoms with E-state index in [2.05, 4.69) is 10.6 Å². The highest BCUT2D eigenvalue weighted by Gasteiger charge is 2.31. The van der Waals surface area contributed by atoms with E-state index in [0.29, 0.717) is 19.4 Å². The number of carboxylic acids is 2. The summed E-state index contributed by atoms with van der Waals surface area (Å²) in [7, 11) is 0. The van der Waals surface area contributed by atoms with Crippen LogP contribution in [0.25, 0.3) is 0 Å². The van der Waals surface area contributed by atoms with E-state index >= 15 is 0 Å². The number of carboxylic acid groups (broad SMARTS) is 2. The van der Waals surface area contributed by atoms with E-state index < -0.39 is 135 Å². The number of rotatable bonds is 25. The van der Waals surface area contributed by atoms with Crippen LogP contribution in [0.1, 0.15) is 25.7 Å². The zero-order valence-electron chi connectivity index (χ0n) is 26.8. The van der Waals surface area contributed by atoms with Gasteiger partial charge in [-0.1, -0.05) is 6.42 Å². The molecule has 0 aromatic rings. The molecule has 0 aliphatic carbocycles. The Kier molecular flexibility index (Phi) is 21.8. The van der Waals surface area contributed by atoms with Crippen LogP contribution in [-0.2, 0) is 43.2 Å². The second kappa shape index (κ2) is 24.2. The van der Waals surface area contributed by atoms with Crippen LogP contribution in [0.5, 0.6) is 0 Å². The normalized spacial score (nSPS) is 14.3. The maximum Gasteiger partial charge on any atom is 0.328 e. The van der Waals surface area contributed by atoms with E-state index in [9.17, 15) is 63.6 Å². The van der Waals surface area contributed by atoms with Crippen molar-refractivity contribution < 1.29 is 73.8 Å². The van der Waals surface area contributed by atoms with Crippen molar-refractivity contribution in [3.8, 4) is 0 Å². The number of carbonyl (C=O) groups is 9. The summed E-state index contributed by atoms with van der Waals surface area (Å²) in [5, 5.41) is 69.7. The lowest BCUT2D eigenvalue weighted by Crippen LogP contribution is -2.59. The second-order valence-electron chi connectivity index (χ2n) is 10.4. The largest absolute Gasteiger partial charge is 0.481 e. The minimum atomic E-state index is -1.95. The molecule has 6 atom stereocenters. The molecule has 24 heteroatoms. The molecular weight excluding hydrogens is 678 g/mol. The van der Waals surface area contributed by atoms with Crippen molar-refractivity contribution in [2.75, 3.05) is 46.1 Å².